The van der Waals surface area contributed by atoms with Gasteiger partial charge in [0, 0.05) is 11.8 Å². The first-order valence-electron chi connectivity index (χ1n) is 7.25. The van der Waals surface area contributed by atoms with Gasteiger partial charge < -0.3 is 14.5 Å². The number of rotatable bonds is 3. The number of nitrogens with one attached hydrogen (secondary N) is 1. The third-order valence-electron chi connectivity index (χ3n) is 3.90. The second kappa shape index (κ2) is 5.28. The predicted molar refractivity (Wildman–Crippen MR) is 89.9 cm³/mol. The molecule has 0 spiro atoms. The van der Waals surface area contributed by atoms with Crippen molar-refractivity contribution in [1.29, 1.82) is 0 Å². The second-order valence-electron chi connectivity index (χ2n) is 5.22. The Labute approximate surface area is 132 Å². The highest BCUT2D eigenvalue weighted by molar-refractivity contribution is 5.97. The normalized spacial score (nSPS) is 11.0. The van der Waals surface area contributed by atoms with Crippen molar-refractivity contribution in [1.82, 2.24) is 15.0 Å². The summed E-state index contributed by atoms with van der Waals surface area (Å²) in [6, 6.07) is 11.9. The van der Waals surface area contributed by atoms with Crippen LogP contribution in [0.5, 0.6) is 11.5 Å². The van der Waals surface area contributed by atoms with Crippen LogP contribution in [0.2, 0.25) is 0 Å². The molecule has 1 N–H and O–H groups in total. The highest BCUT2D eigenvalue weighted by Gasteiger charge is 2.13. The maximum atomic E-state index is 5.57. The number of hydrogen-bond donors (Lipinski definition) is 1. The van der Waals surface area contributed by atoms with Crippen LogP contribution in [0.1, 0.15) is 0 Å². The average Bonchev–Trinajstić information content (AvgIpc) is 3.04. The zero-order valence-corrected chi connectivity index (χ0v) is 12.8. The van der Waals surface area contributed by atoms with Crippen molar-refractivity contribution in [2.24, 2.45) is 0 Å². The molecule has 23 heavy (non-hydrogen) atoms. The number of H-pyrrole nitrogens is 1. The third-order valence-corrected chi connectivity index (χ3v) is 3.90. The van der Waals surface area contributed by atoms with Crippen molar-refractivity contribution in [2.45, 2.75) is 0 Å². The molecule has 0 bridgehead atoms. The van der Waals surface area contributed by atoms with E-state index in [1.54, 1.807) is 26.6 Å². The quantitative estimate of drug-likeness (QED) is 0.625. The van der Waals surface area contributed by atoms with Gasteiger partial charge in [0.2, 0.25) is 0 Å². The van der Waals surface area contributed by atoms with E-state index in [1.807, 2.05) is 30.3 Å². The Morgan fingerprint density at radius 2 is 1.87 bits per heavy atom. The monoisotopic (exact) mass is 305 g/mol. The number of methoxy groups -OCH3 is 2. The minimum atomic E-state index is 0.758. The van der Waals surface area contributed by atoms with Crippen LogP contribution < -0.4 is 9.47 Å². The Kier molecular flexibility index (Phi) is 3.12. The van der Waals surface area contributed by atoms with Crippen LogP contribution in [-0.4, -0.2) is 29.2 Å². The summed E-state index contributed by atoms with van der Waals surface area (Å²) in [5, 5.41) is 2.00. The van der Waals surface area contributed by atoms with Crippen molar-refractivity contribution in [3.05, 3.63) is 48.8 Å². The van der Waals surface area contributed by atoms with Crippen LogP contribution in [-0.2, 0) is 0 Å². The lowest BCUT2D eigenvalue weighted by Crippen LogP contribution is -1.91. The van der Waals surface area contributed by atoms with Gasteiger partial charge in [0.1, 0.15) is 22.8 Å². The number of benzene rings is 2. The summed E-state index contributed by atoms with van der Waals surface area (Å²) in [5.74, 6) is 2.34. The number of ether oxygens (including phenoxy) is 2. The Balaban J connectivity index is 1.97. The van der Waals surface area contributed by atoms with Gasteiger partial charge in [-0.25, -0.2) is 4.98 Å². The highest BCUT2D eigenvalue weighted by Crippen LogP contribution is 2.37. The smallest absolute Gasteiger partial charge is 0.138 e. The molecule has 0 saturated heterocycles. The standard InChI is InChI=1S/C18H15N3O2/c1-22-15-5-3-4-11-8-12(9-16(23-2)17(11)15)18-20-13-6-7-19-10-14(13)21-18/h3-10H,1-2H3,(H,20,21). The van der Waals surface area contributed by atoms with Crippen LogP contribution in [0, 0.1) is 0 Å². The summed E-state index contributed by atoms with van der Waals surface area (Å²) in [5.41, 5.74) is 2.76. The molecule has 5 heteroatoms. The second-order valence-corrected chi connectivity index (χ2v) is 5.22. The SMILES string of the molecule is COc1cccc2cc(-c3nc4cnccc4[nH]3)cc(OC)c12. The van der Waals surface area contributed by atoms with Crippen LogP contribution >= 0.6 is 0 Å². The molecule has 2 aromatic heterocycles. The topological polar surface area (TPSA) is 60.0 Å². The molecule has 0 fully saturated rings. The minimum Gasteiger partial charge on any atom is -0.496 e. The van der Waals surface area contributed by atoms with Crippen molar-refractivity contribution >= 4 is 21.8 Å². The zero-order valence-electron chi connectivity index (χ0n) is 12.8. The fraction of sp³-hybridized carbons (Fsp3) is 0.111. The third kappa shape index (κ3) is 2.17. The summed E-state index contributed by atoms with van der Waals surface area (Å²) in [7, 11) is 3.32. The highest BCUT2D eigenvalue weighted by atomic mass is 16.5. The zero-order chi connectivity index (χ0) is 15.8. The first-order valence-corrected chi connectivity index (χ1v) is 7.25. The van der Waals surface area contributed by atoms with Crippen LogP contribution in [0.15, 0.2) is 48.8 Å². The van der Waals surface area contributed by atoms with Crippen molar-refractivity contribution in [3.63, 3.8) is 0 Å². The molecule has 0 atom stereocenters. The summed E-state index contributed by atoms with van der Waals surface area (Å²) in [4.78, 5) is 12.0. The molecule has 4 aromatic rings. The summed E-state index contributed by atoms with van der Waals surface area (Å²) >= 11 is 0. The molecule has 0 aliphatic carbocycles. The molecule has 4 rings (SSSR count). The average molecular weight is 305 g/mol. The largest absolute Gasteiger partial charge is 0.496 e. The molecule has 0 saturated carbocycles. The number of fused-ring (bicyclic) bond motifs is 2. The number of hydrogen-bond acceptors (Lipinski definition) is 4. The van der Waals surface area contributed by atoms with Gasteiger partial charge in [-0.05, 0) is 29.7 Å². The Morgan fingerprint density at radius 1 is 1.00 bits per heavy atom. The van der Waals surface area contributed by atoms with Gasteiger partial charge in [0.05, 0.1) is 31.3 Å². The van der Waals surface area contributed by atoms with Gasteiger partial charge in [-0.1, -0.05) is 12.1 Å². The van der Waals surface area contributed by atoms with Crippen LogP contribution in [0.3, 0.4) is 0 Å². The fourth-order valence-electron chi connectivity index (χ4n) is 2.82. The van der Waals surface area contributed by atoms with Gasteiger partial charge in [-0.15, -0.1) is 0 Å². The Hall–Kier alpha value is -3.08. The van der Waals surface area contributed by atoms with Gasteiger partial charge in [0.25, 0.3) is 0 Å². The molecule has 114 valence electrons. The van der Waals surface area contributed by atoms with E-state index >= 15 is 0 Å². The summed E-state index contributed by atoms with van der Waals surface area (Å²) in [6.07, 6.45) is 3.49. The molecule has 0 radical (unpaired) electrons. The first kappa shape index (κ1) is 13.6. The lowest BCUT2D eigenvalue weighted by atomic mass is 10.0. The van der Waals surface area contributed by atoms with E-state index in [0.717, 1.165) is 44.7 Å². The van der Waals surface area contributed by atoms with Crippen LogP contribution in [0.4, 0.5) is 0 Å². The molecule has 0 amide bonds. The van der Waals surface area contributed by atoms with E-state index in [0.29, 0.717) is 0 Å². The Morgan fingerprint density at radius 3 is 2.65 bits per heavy atom. The number of aromatic amines is 1. The molecule has 0 aliphatic rings. The first-order chi connectivity index (χ1) is 11.3. The van der Waals surface area contributed by atoms with E-state index in [2.05, 4.69) is 21.0 Å². The number of imidazole rings is 1. The molecule has 0 aliphatic heterocycles. The van der Waals surface area contributed by atoms with E-state index < -0.39 is 0 Å². The molecular formula is C18H15N3O2. The maximum Gasteiger partial charge on any atom is 0.138 e. The number of nitrogens with zero attached hydrogens (tertiary/aromatic N) is 2. The summed E-state index contributed by atoms with van der Waals surface area (Å²) in [6.45, 7) is 0. The molecule has 0 unspecified atom stereocenters. The molecule has 2 aromatic carbocycles. The van der Waals surface area contributed by atoms with Gasteiger partial charge in [-0.2, -0.15) is 0 Å². The lowest BCUT2D eigenvalue weighted by molar-refractivity contribution is 0.405. The van der Waals surface area contributed by atoms with Crippen LogP contribution in [0.25, 0.3) is 33.2 Å². The van der Waals surface area contributed by atoms with Crippen molar-refractivity contribution in [2.75, 3.05) is 14.2 Å². The van der Waals surface area contributed by atoms with Gasteiger partial charge in [0.15, 0.2) is 0 Å². The number of aromatic nitrogens is 3. The van der Waals surface area contributed by atoms with E-state index in [9.17, 15) is 0 Å². The minimum absolute atomic E-state index is 0.758. The lowest BCUT2D eigenvalue weighted by Gasteiger charge is -2.11. The van der Waals surface area contributed by atoms with Gasteiger partial charge >= 0.3 is 0 Å². The van der Waals surface area contributed by atoms with E-state index in [-0.39, 0.29) is 0 Å². The molecule has 5 nitrogen and oxygen atoms in total. The van der Waals surface area contributed by atoms with Crippen molar-refractivity contribution < 1.29 is 9.47 Å². The van der Waals surface area contributed by atoms with E-state index in [1.165, 1.54) is 0 Å². The predicted octanol–water partition coefficient (Wildman–Crippen LogP) is 3.80. The molecule has 2 heterocycles. The van der Waals surface area contributed by atoms with E-state index in [4.69, 9.17) is 9.47 Å². The number of pyridine rings is 1. The summed E-state index contributed by atoms with van der Waals surface area (Å²) < 4.78 is 11.0. The Bertz CT molecular complexity index is 975. The van der Waals surface area contributed by atoms with Crippen molar-refractivity contribution in [3.8, 4) is 22.9 Å². The van der Waals surface area contributed by atoms with Gasteiger partial charge in [-0.3, -0.25) is 4.98 Å². The maximum absolute atomic E-state index is 5.57. The molecular weight excluding hydrogens is 290 g/mol. The fourth-order valence-corrected chi connectivity index (χ4v) is 2.82.